The number of allylic oxidation sites excluding steroid dienone is 5. The zero-order valence-electron chi connectivity index (χ0n) is 22.1. The van der Waals surface area contributed by atoms with Crippen molar-refractivity contribution in [1.29, 1.82) is 0 Å². The first-order chi connectivity index (χ1) is 20.7. The van der Waals surface area contributed by atoms with Gasteiger partial charge < -0.3 is 14.8 Å². The van der Waals surface area contributed by atoms with Crippen molar-refractivity contribution in [2.24, 2.45) is 5.10 Å². The molecule has 3 aromatic carbocycles. The van der Waals surface area contributed by atoms with Gasteiger partial charge >= 0.3 is 5.97 Å². The Morgan fingerprint density at radius 3 is 1.95 bits per heavy atom. The van der Waals surface area contributed by atoms with Crippen molar-refractivity contribution >= 4 is 69.4 Å². The number of carbonyl (C=O) groups excluding carboxylic acids is 4. The van der Waals surface area contributed by atoms with E-state index in [0.717, 1.165) is 11.8 Å². The summed E-state index contributed by atoms with van der Waals surface area (Å²) in [5.41, 5.74) is 4.53. The van der Waals surface area contributed by atoms with Gasteiger partial charge in [0.15, 0.2) is 5.17 Å². The third-order valence-corrected chi connectivity index (χ3v) is 7.36. The number of halogens is 2. The van der Waals surface area contributed by atoms with Gasteiger partial charge in [0.2, 0.25) is 5.78 Å². The van der Waals surface area contributed by atoms with Crippen LogP contribution in [0.25, 0.3) is 0 Å². The average Bonchev–Trinajstić information content (AvgIpc) is 3.48. The molecule has 0 fully saturated rings. The molecule has 1 aliphatic heterocycles. The molecule has 43 heavy (non-hydrogen) atoms. The molecule has 3 N–H and O–H groups in total. The van der Waals surface area contributed by atoms with E-state index in [0.29, 0.717) is 43.9 Å². The minimum absolute atomic E-state index is 0.0223. The summed E-state index contributed by atoms with van der Waals surface area (Å²) in [6, 6.07) is 19.3. The molecule has 0 atom stereocenters. The highest BCUT2D eigenvalue weighted by atomic mass is 35.5. The average molecular weight is 635 g/mol. The number of benzene rings is 3. The van der Waals surface area contributed by atoms with Crippen LogP contribution < -0.4 is 20.8 Å². The third kappa shape index (κ3) is 7.15. The number of Topliss-reactive ketones (excluding diaryl/α,β-unsaturated/α-hetero) is 1. The van der Waals surface area contributed by atoms with E-state index in [4.69, 9.17) is 27.9 Å². The number of rotatable bonds is 6. The molecule has 2 aliphatic rings. The molecule has 1 aliphatic carbocycles. The molecule has 10 nitrogen and oxygen atoms in total. The van der Waals surface area contributed by atoms with Crippen LogP contribution in [-0.4, -0.2) is 35.8 Å². The van der Waals surface area contributed by atoms with Crippen LogP contribution in [0.3, 0.4) is 0 Å². The number of hydrogen-bond donors (Lipinski definition) is 3. The number of methoxy groups -OCH3 is 1. The molecule has 0 unspecified atom stereocenters. The number of carbonyl (C=O) groups is 4. The Kier molecular flexibility index (Phi) is 8.96. The van der Waals surface area contributed by atoms with E-state index in [1.807, 2.05) is 0 Å². The van der Waals surface area contributed by atoms with Crippen LogP contribution in [0.15, 0.2) is 111 Å². The number of amidine groups is 1. The number of amides is 2. The lowest BCUT2D eigenvalue weighted by molar-refractivity contribution is -0.111. The fraction of sp³-hybridized carbons (Fsp3) is 0.0333. The van der Waals surface area contributed by atoms with Gasteiger partial charge in [-0.3, -0.25) is 25.1 Å². The summed E-state index contributed by atoms with van der Waals surface area (Å²) in [6.07, 6.45) is 2.82. The Hall–Kier alpha value is -4.84. The van der Waals surface area contributed by atoms with E-state index in [2.05, 4.69) is 25.9 Å². The highest BCUT2D eigenvalue weighted by molar-refractivity contribution is 8.17. The number of esters is 1. The van der Waals surface area contributed by atoms with Crippen LogP contribution in [0.5, 0.6) is 11.5 Å². The van der Waals surface area contributed by atoms with Crippen molar-refractivity contribution in [3.63, 3.8) is 0 Å². The molecular weight excluding hydrogens is 615 g/mol. The van der Waals surface area contributed by atoms with Crippen molar-refractivity contribution in [1.82, 2.24) is 10.7 Å². The second kappa shape index (κ2) is 13.0. The van der Waals surface area contributed by atoms with Crippen molar-refractivity contribution in [3.05, 3.63) is 122 Å². The molecule has 0 aromatic heterocycles. The van der Waals surface area contributed by atoms with E-state index in [-0.39, 0.29) is 21.7 Å². The number of thioether (sulfide) groups is 1. The van der Waals surface area contributed by atoms with E-state index < -0.39 is 17.7 Å². The first-order valence-electron chi connectivity index (χ1n) is 12.4. The summed E-state index contributed by atoms with van der Waals surface area (Å²) in [5.74, 6) is -0.602. The maximum absolute atomic E-state index is 12.7. The Morgan fingerprint density at radius 2 is 1.35 bits per heavy atom. The van der Waals surface area contributed by atoms with Crippen LogP contribution in [0.1, 0.15) is 31.1 Å². The van der Waals surface area contributed by atoms with Crippen LogP contribution >= 0.6 is 35.0 Å². The van der Waals surface area contributed by atoms with Gasteiger partial charge in [0.25, 0.3) is 11.8 Å². The fourth-order valence-corrected chi connectivity index (χ4v) is 5.08. The fourth-order valence-electron chi connectivity index (χ4n) is 3.81. The topological polar surface area (TPSA) is 135 Å². The molecule has 216 valence electrons. The van der Waals surface area contributed by atoms with Crippen LogP contribution in [-0.2, 0) is 9.53 Å². The van der Waals surface area contributed by atoms with Crippen molar-refractivity contribution in [3.8, 4) is 11.5 Å². The SMILES string of the molecule is COC(=O)c1ccc(Oc2ccc(NC(=O)c3ccc(C(=O)NC4=NN/C(=C5\C=C(Cl)C=C(Cl)C5=O)S4)cc3)cc2)cc1. The number of nitrogens with one attached hydrogen (secondary N) is 3. The monoisotopic (exact) mass is 634 g/mol. The zero-order valence-corrected chi connectivity index (χ0v) is 24.5. The first kappa shape index (κ1) is 29.6. The van der Waals surface area contributed by atoms with Crippen molar-refractivity contribution in [2.45, 2.75) is 0 Å². The zero-order chi connectivity index (χ0) is 30.5. The molecule has 13 heteroatoms. The Bertz CT molecular complexity index is 1750. The molecular formula is C30H20Cl2N4O6S. The number of ether oxygens (including phenoxy) is 2. The van der Waals surface area contributed by atoms with E-state index >= 15 is 0 Å². The summed E-state index contributed by atoms with van der Waals surface area (Å²) < 4.78 is 10.5. The van der Waals surface area contributed by atoms with Gasteiger partial charge in [-0.25, -0.2) is 4.79 Å². The molecule has 0 bridgehead atoms. The second-order valence-electron chi connectivity index (χ2n) is 8.85. The summed E-state index contributed by atoms with van der Waals surface area (Å²) in [4.78, 5) is 49.4. The smallest absolute Gasteiger partial charge is 0.337 e. The van der Waals surface area contributed by atoms with Gasteiger partial charge in [-0.1, -0.05) is 23.2 Å². The minimum Gasteiger partial charge on any atom is -0.465 e. The lowest BCUT2D eigenvalue weighted by atomic mass is 10.1. The molecule has 0 saturated carbocycles. The van der Waals surface area contributed by atoms with Gasteiger partial charge in [-0.05, 0) is 96.7 Å². The number of nitrogens with zero attached hydrogens (tertiary/aromatic N) is 1. The molecule has 3 aromatic rings. The van der Waals surface area contributed by atoms with Crippen LogP contribution in [0.2, 0.25) is 0 Å². The van der Waals surface area contributed by atoms with Crippen molar-refractivity contribution < 1.29 is 28.7 Å². The van der Waals surface area contributed by atoms with Gasteiger partial charge in [0, 0.05) is 21.8 Å². The molecule has 5 rings (SSSR count). The molecule has 0 spiro atoms. The maximum Gasteiger partial charge on any atom is 0.337 e. The largest absolute Gasteiger partial charge is 0.465 e. The summed E-state index contributed by atoms with van der Waals surface area (Å²) >= 11 is 13.0. The first-order valence-corrected chi connectivity index (χ1v) is 14.0. The summed E-state index contributed by atoms with van der Waals surface area (Å²) in [5, 5.41) is 10.4. The number of anilines is 1. The molecule has 0 radical (unpaired) electrons. The minimum atomic E-state index is -0.455. The predicted molar refractivity (Wildman–Crippen MR) is 164 cm³/mol. The maximum atomic E-state index is 12.7. The van der Waals surface area contributed by atoms with Gasteiger partial charge in [-0.15, -0.1) is 5.10 Å². The Balaban J connectivity index is 1.14. The lowest BCUT2D eigenvalue weighted by Crippen LogP contribution is -2.27. The van der Waals surface area contributed by atoms with E-state index in [1.165, 1.54) is 43.5 Å². The highest BCUT2D eigenvalue weighted by Crippen LogP contribution is 2.31. The van der Waals surface area contributed by atoms with Gasteiger partial charge in [-0.2, -0.15) is 0 Å². The number of hydrogen-bond acceptors (Lipinski definition) is 9. The molecule has 1 heterocycles. The van der Waals surface area contributed by atoms with Crippen LogP contribution in [0.4, 0.5) is 5.69 Å². The van der Waals surface area contributed by atoms with Crippen LogP contribution in [0, 0.1) is 0 Å². The summed E-state index contributed by atoms with van der Waals surface area (Å²) in [7, 11) is 1.31. The molecule has 0 saturated heterocycles. The van der Waals surface area contributed by atoms with E-state index in [1.54, 1.807) is 48.5 Å². The Labute approximate surface area is 259 Å². The molecule has 2 amide bonds. The lowest BCUT2D eigenvalue weighted by Gasteiger charge is -2.10. The Morgan fingerprint density at radius 1 is 0.791 bits per heavy atom. The quantitative estimate of drug-likeness (QED) is 0.225. The second-order valence-corrected chi connectivity index (χ2v) is 10.7. The standard InChI is InChI=1S/C30H20Cl2N4O6S/c1-41-29(40)18-6-10-21(11-7-18)42-22-12-8-20(9-13-22)33-26(38)16-2-4-17(5-3-16)27(39)34-30-36-35-28(43-30)23-14-19(31)15-24(32)25(23)37/h2-15,35H,1H3,(H,33,38)(H,34,36,39)/b28-23-. The number of hydrazone groups is 1. The highest BCUT2D eigenvalue weighted by Gasteiger charge is 2.26. The summed E-state index contributed by atoms with van der Waals surface area (Å²) in [6.45, 7) is 0. The predicted octanol–water partition coefficient (Wildman–Crippen LogP) is 5.89. The normalized spacial score (nSPS) is 15.9. The van der Waals surface area contributed by atoms with E-state index in [9.17, 15) is 19.2 Å². The van der Waals surface area contributed by atoms with Crippen molar-refractivity contribution in [2.75, 3.05) is 12.4 Å². The van der Waals surface area contributed by atoms with Gasteiger partial charge in [0.1, 0.15) is 16.5 Å². The third-order valence-electron chi connectivity index (χ3n) is 5.96. The number of ketones is 1. The van der Waals surface area contributed by atoms with Gasteiger partial charge in [0.05, 0.1) is 23.3 Å².